The molecule has 130 valence electrons. The van der Waals surface area contributed by atoms with Crippen molar-refractivity contribution in [2.75, 3.05) is 20.1 Å². The van der Waals surface area contributed by atoms with Gasteiger partial charge < -0.3 is 15.3 Å². The third-order valence-corrected chi connectivity index (χ3v) is 4.99. The van der Waals surface area contributed by atoms with Crippen LogP contribution < -0.4 is 20.9 Å². The topological polar surface area (TPSA) is 79.4 Å². The van der Waals surface area contributed by atoms with Crippen LogP contribution in [0.3, 0.4) is 0 Å². The Hall–Kier alpha value is -2.67. The average Bonchev–Trinajstić information content (AvgIpc) is 2.63. The predicted molar refractivity (Wildman–Crippen MR) is 100.0 cm³/mol. The van der Waals surface area contributed by atoms with Crippen LogP contribution in [0.25, 0.3) is 10.9 Å². The maximum atomic E-state index is 12.6. The molecule has 1 aromatic heterocycles. The number of nitrogens with two attached hydrogens (primary N) is 1. The highest BCUT2D eigenvalue weighted by Gasteiger charge is 2.14. The van der Waals surface area contributed by atoms with Gasteiger partial charge in [0.1, 0.15) is 0 Å². The van der Waals surface area contributed by atoms with Gasteiger partial charge in [-0.25, -0.2) is 9.66 Å². The molecule has 25 heavy (non-hydrogen) atoms. The van der Waals surface area contributed by atoms with Gasteiger partial charge in [0.2, 0.25) is 0 Å². The number of ether oxygens (including phenoxy) is 2. The number of nitrogens with zero attached hydrogens (tertiary/aromatic N) is 2. The number of hydrogen-bond donors (Lipinski definition) is 1. The van der Waals surface area contributed by atoms with Crippen molar-refractivity contribution in [1.29, 1.82) is 0 Å². The van der Waals surface area contributed by atoms with Crippen LogP contribution in [-0.2, 0) is 5.75 Å². The highest BCUT2D eigenvalue weighted by atomic mass is 32.2. The highest BCUT2D eigenvalue weighted by Crippen LogP contribution is 2.31. The van der Waals surface area contributed by atoms with Crippen LogP contribution in [0.2, 0.25) is 0 Å². The quantitative estimate of drug-likeness (QED) is 0.430. The van der Waals surface area contributed by atoms with E-state index < -0.39 is 0 Å². The molecule has 0 spiro atoms. The number of nitrogen functional groups attached to an aromatic ring is 1. The second-order valence-electron chi connectivity index (χ2n) is 5.51. The van der Waals surface area contributed by atoms with E-state index in [0.29, 0.717) is 33.3 Å². The summed E-state index contributed by atoms with van der Waals surface area (Å²) < 4.78 is 11.6. The van der Waals surface area contributed by atoms with Gasteiger partial charge in [0.05, 0.1) is 25.1 Å². The summed E-state index contributed by atoms with van der Waals surface area (Å²) in [5.74, 6) is 7.62. The van der Waals surface area contributed by atoms with Crippen molar-refractivity contribution in [2.45, 2.75) is 17.8 Å². The molecule has 0 aliphatic heterocycles. The van der Waals surface area contributed by atoms with Crippen molar-refractivity contribution in [1.82, 2.24) is 9.66 Å². The van der Waals surface area contributed by atoms with Crippen LogP contribution in [0.5, 0.6) is 11.5 Å². The van der Waals surface area contributed by atoms with Gasteiger partial charge in [-0.15, -0.1) is 0 Å². The number of aromatic nitrogens is 2. The highest BCUT2D eigenvalue weighted by molar-refractivity contribution is 7.98. The third kappa shape index (κ3) is 3.28. The van der Waals surface area contributed by atoms with Gasteiger partial charge in [-0.1, -0.05) is 36.0 Å². The monoisotopic (exact) mass is 357 g/mol. The van der Waals surface area contributed by atoms with E-state index in [2.05, 4.69) is 24.0 Å². The summed E-state index contributed by atoms with van der Waals surface area (Å²) in [5.41, 5.74) is 2.57. The molecule has 0 radical (unpaired) electrons. The van der Waals surface area contributed by atoms with Gasteiger partial charge in [-0.3, -0.25) is 4.79 Å². The Labute approximate surface area is 149 Å². The molecule has 0 atom stereocenters. The molecule has 3 aromatic rings. The predicted octanol–water partition coefficient (Wildman–Crippen LogP) is 2.73. The van der Waals surface area contributed by atoms with Gasteiger partial charge in [0.15, 0.2) is 16.7 Å². The van der Waals surface area contributed by atoms with E-state index in [1.165, 1.54) is 30.0 Å². The fraction of sp³-hybridized carbons (Fsp3) is 0.222. The van der Waals surface area contributed by atoms with Crippen LogP contribution >= 0.6 is 11.8 Å². The third-order valence-electron chi connectivity index (χ3n) is 3.99. The number of methoxy groups -OCH3 is 2. The molecule has 1 heterocycles. The maximum Gasteiger partial charge on any atom is 0.280 e. The summed E-state index contributed by atoms with van der Waals surface area (Å²) in [5, 5.41) is 0.841. The van der Waals surface area contributed by atoms with Gasteiger partial charge in [-0.05, 0) is 24.1 Å². The van der Waals surface area contributed by atoms with Crippen molar-refractivity contribution >= 4 is 22.7 Å². The molecule has 0 saturated carbocycles. The van der Waals surface area contributed by atoms with Crippen molar-refractivity contribution < 1.29 is 9.47 Å². The Bertz CT molecular complexity index is 985. The molecule has 0 fully saturated rings. The fourth-order valence-electron chi connectivity index (χ4n) is 2.52. The molecule has 0 saturated heterocycles. The summed E-state index contributed by atoms with van der Waals surface area (Å²) in [4.78, 5) is 17.1. The minimum Gasteiger partial charge on any atom is -0.493 e. The maximum absolute atomic E-state index is 12.6. The fourth-order valence-corrected chi connectivity index (χ4v) is 3.52. The molecule has 0 unspecified atom stereocenters. The van der Waals surface area contributed by atoms with Gasteiger partial charge in [-0.2, -0.15) is 0 Å². The number of aryl methyl sites for hydroxylation is 1. The van der Waals surface area contributed by atoms with Gasteiger partial charge >= 0.3 is 0 Å². The SMILES string of the molecule is COc1cc2nc(SCc3ccccc3C)n(N)c(=O)c2cc1OC. The molecular formula is C18H19N3O3S. The molecule has 2 N–H and O–H groups in total. The van der Waals surface area contributed by atoms with Crippen molar-refractivity contribution in [3.63, 3.8) is 0 Å². The molecule has 0 aliphatic rings. The Kier molecular flexibility index (Phi) is 4.85. The zero-order chi connectivity index (χ0) is 18.0. The second kappa shape index (κ2) is 7.06. The van der Waals surface area contributed by atoms with E-state index in [1.807, 2.05) is 12.1 Å². The molecule has 6 nitrogen and oxygen atoms in total. The standard InChI is InChI=1S/C18H19N3O3S/c1-11-6-4-5-7-12(11)10-25-18-20-14-9-16(24-3)15(23-2)8-13(14)17(22)21(18)19/h4-9H,10,19H2,1-3H3. The number of benzene rings is 2. The average molecular weight is 357 g/mol. The Morgan fingerprint density at radius 3 is 2.52 bits per heavy atom. The van der Waals surface area contributed by atoms with E-state index in [9.17, 15) is 4.79 Å². The van der Waals surface area contributed by atoms with Crippen LogP contribution in [0.15, 0.2) is 46.3 Å². The summed E-state index contributed by atoms with van der Waals surface area (Å²) in [6, 6.07) is 11.4. The lowest BCUT2D eigenvalue weighted by Gasteiger charge is -2.12. The number of rotatable bonds is 5. The van der Waals surface area contributed by atoms with E-state index in [1.54, 1.807) is 19.2 Å². The summed E-state index contributed by atoms with van der Waals surface area (Å²) >= 11 is 1.42. The summed E-state index contributed by atoms with van der Waals surface area (Å²) in [6.07, 6.45) is 0. The molecular weight excluding hydrogens is 338 g/mol. The van der Waals surface area contributed by atoms with Gasteiger partial charge in [0.25, 0.3) is 5.56 Å². The second-order valence-corrected chi connectivity index (χ2v) is 6.45. The molecule has 2 aromatic carbocycles. The van der Waals surface area contributed by atoms with E-state index in [4.69, 9.17) is 15.3 Å². The van der Waals surface area contributed by atoms with Crippen LogP contribution in [0.4, 0.5) is 0 Å². The van der Waals surface area contributed by atoms with E-state index >= 15 is 0 Å². The van der Waals surface area contributed by atoms with Crippen LogP contribution in [-0.4, -0.2) is 23.9 Å². The number of hydrogen-bond acceptors (Lipinski definition) is 6. The first kappa shape index (κ1) is 17.2. The first-order valence-corrected chi connectivity index (χ1v) is 8.65. The lowest BCUT2D eigenvalue weighted by atomic mass is 10.1. The zero-order valence-electron chi connectivity index (χ0n) is 14.3. The van der Waals surface area contributed by atoms with Crippen LogP contribution in [0, 0.1) is 6.92 Å². The van der Waals surface area contributed by atoms with E-state index in [-0.39, 0.29) is 5.56 Å². The first-order valence-electron chi connectivity index (χ1n) is 7.66. The normalized spacial score (nSPS) is 10.8. The lowest BCUT2D eigenvalue weighted by molar-refractivity contribution is 0.355. The molecule has 0 aliphatic carbocycles. The number of fused-ring (bicyclic) bond motifs is 1. The van der Waals surface area contributed by atoms with Crippen molar-refractivity contribution in [3.8, 4) is 11.5 Å². The molecule has 7 heteroatoms. The zero-order valence-corrected chi connectivity index (χ0v) is 15.1. The molecule has 3 rings (SSSR count). The van der Waals surface area contributed by atoms with Crippen molar-refractivity contribution in [2.24, 2.45) is 0 Å². The largest absolute Gasteiger partial charge is 0.493 e. The van der Waals surface area contributed by atoms with Crippen molar-refractivity contribution in [3.05, 3.63) is 57.9 Å². The Morgan fingerprint density at radius 1 is 1.16 bits per heavy atom. The lowest BCUT2D eigenvalue weighted by Crippen LogP contribution is -2.29. The Balaban J connectivity index is 2.03. The minimum atomic E-state index is -0.321. The molecule has 0 bridgehead atoms. The summed E-state index contributed by atoms with van der Waals surface area (Å²) in [6.45, 7) is 2.05. The van der Waals surface area contributed by atoms with E-state index in [0.717, 1.165) is 4.68 Å². The van der Waals surface area contributed by atoms with Crippen LogP contribution in [0.1, 0.15) is 11.1 Å². The molecule has 0 amide bonds. The minimum absolute atomic E-state index is 0.321. The Morgan fingerprint density at radius 2 is 1.84 bits per heavy atom. The summed E-state index contributed by atoms with van der Waals surface area (Å²) in [7, 11) is 3.06. The van der Waals surface area contributed by atoms with Gasteiger partial charge in [0, 0.05) is 11.8 Å². The smallest absolute Gasteiger partial charge is 0.280 e. The first-order chi connectivity index (χ1) is 12.0. The number of thioether (sulfide) groups is 1.